The van der Waals surface area contributed by atoms with Gasteiger partial charge in [-0.2, -0.15) is 0 Å². The van der Waals surface area contributed by atoms with Crippen LogP contribution in [0.4, 0.5) is 10.5 Å². The molecule has 3 aliphatic rings. The number of ketones is 1. The molecule has 0 aliphatic carbocycles. The Bertz CT molecular complexity index is 926. The molecular weight excluding hydrogens is 370 g/mol. The first-order valence-electron chi connectivity index (χ1n) is 10.1. The van der Waals surface area contributed by atoms with Crippen LogP contribution in [0.2, 0.25) is 0 Å². The number of ether oxygens (including phenoxy) is 1. The van der Waals surface area contributed by atoms with E-state index in [9.17, 15) is 14.4 Å². The van der Waals surface area contributed by atoms with Crippen LogP contribution < -0.4 is 4.90 Å². The topological polar surface area (TPSA) is 70.2 Å². The number of amides is 2. The largest absolute Gasteiger partial charge is 0.450 e. The zero-order valence-electron chi connectivity index (χ0n) is 17.4. The van der Waals surface area contributed by atoms with Crippen molar-refractivity contribution in [1.82, 2.24) is 9.80 Å². The molecule has 0 aromatic heterocycles. The molecule has 2 amide bonds. The SMILES string of the molecule is CCOC(=O)N1CCN(CC2=CC(C)(C)N3C(=O)C(=O)c4cc(C)cc2c43)CC1. The molecule has 0 radical (unpaired) electrons. The molecule has 0 saturated carbocycles. The lowest BCUT2D eigenvalue weighted by atomic mass is 9.87. The standard InChI is InChI=1S/C22H27N3O4/c1-5-29-21(28)24-8-6-23(7-9-24)13-15-12-22(3,4)25-18-16(15)10-14(2)11-17(18)19(26)20(25)27/h10-12H,5-9,13H2,1-4H3. The fraction of sp³-hybridized carbons (Fsp3) is 0.500. The molecule has 0 unspecified atom stereocenters. The Morgan fingerprint density at radius 3 is 2.41 bits per heavy atom. The summed E-state index contributed by atoms with van der Waals surface area (Å²) in [5.41, 5.74) is 3.75. The molecule has 0 spiro atoms. The Labute approximate surface area is 170 Å². The van der Waals surface area contributed by atoms with E-state index in [0.717, 1.165) is 35.5 Å². The van der Waals surface area contributed by atoms with E-state index >= 15 is 0 Å². The van der Waals surface area contributed by atoms with Crippen LogP contribution in [0.3, 0.4) is 0 Å². The Balaban J connectivity index is 1.60. The first kappa shape index (κ1) is 19.6. The number of piperazine rings is 1. The van der Waals surface area contributed by atoms with E-state index in [1.807, 2.05) is 33.8 Å². The van der Waals surface area contributed by atoms with E-state index < -0.39 is 17.2 Å². The number of hydrogen-bond donors (Lipinski definition) is 0. The summed E-state index contributed by atoms with van der Waals surface area (Å²) in [7, 11) is 0. The lowest BCUT2D eigenvalue weighted by Gasteiger charge is -2.41. The summed E-state index contributed by atoms with van der Waals surface area (Å²) >= 11 is 0. The molecular formula is C22H27N3O4. The smallest absolute Gasteiger partial charge is 0.409 e. The maximum Gasteiger partial charge on any atom is 0.409 e. The summed E-state index contributed by atoms with van der Waals surface area (Å²) in [6, 6.07) is 3.88. The van der Waals surface area contributed by atoms with Crippen LogP contribution in [-0.2, 0) is 9.53 Å². The van der Waals surface area contributed by atoms with Gasteiger partial charge in [-0.05, 0) is 51.0 Å². The van der Waals surface area contributed by atoms with Gasteiger partial charge in [0.15, 0.2) is 0 Å². The summed E-state index contributed by atoms with van der Waals surface area (Å²) in [4.78, 5) is 42.8. The lowest BCUT2D eigenvalue weighted by Crippen LogP contribution is -2.50. The van der Waals surface area contributed by atoms with Crippen molar-refractivity contribution in [2.45, 2.75) is 33.2 Å². The molecule has 1 aromatic rings. The summed E-state index contributed by atoms with van der Waals surface area (Å²) in [5.74, 6) is -0.870. The highest BCUT2D eigenvalue weighted by molar-refractivity contribution is 6.53. The number of carbonyl (C=O) groups excluding carboxylic acids is 3. The zero-order valence-corrected chi connectivity index (χ0v) is 17.4. The molecule has 0 N–H and O–H groups in total. The van der Waals surface area contributed by atoms with Gasteiger partial charge in [0.1, 0.15) is 0 Å². The second-order valence-electron chi connectivity index (χ2n) is 8.46. The molecule has 0 bridgehead atoms. The number of rotatable bonds is 3. The third kappa shape index (κ3) is 3.23. The number of aryl methyl sites for hydroxylation is 1. The van der Waals surface area contributed by atoms with Gasteiger partial charge in [0.25, 0.3) is 11.7 Å². The summed E-state index contributed by atoms with van der Waals surface area (Å²) in [6.07, 6.45) is 1.85. The van der Waals surface area contributed by atoms with E-state index in [4.69, 9.17) is 4.74 Å². The molecule has 1 saturated heterocycles. The van der Waals surface area contributed by atoms with E-state index in [-0.39, 0.29) is 6.09 Å². The van der Waals surface area contributed by atoms with Gasteiger partial charge in [0.05, 0.1) is 23.4 Å². The lowest BCUT2D eigenvalue weighted by molar-refractivity contribution is -0.115. The van der Waals surface area contributed by atoms with Gasteiger partial charge in [-0.1, -0.05) is 6.08 Å². The minimum absolute atomic E-state index is 0.255. The monoisotopic (exact) mass is 397 g/mol. The molecule has 1 fully saturated rings. The van der Waals surface area contributed by atoms with E-state index in [2.05, 4.69) is 17.0 Å². The molecule has 0 atom stereocenters. The van der Waals surface area contributed by atoms with Gasteiger partial charge in [-0.3, -0.25) is 19.4 Å². The Hall–Kier alpha value is -2.67. The van der Waals surface area contributed by atoms with Crippen molar-refractivity contribution in [1.29, 1.82) is 0 Å². The minimum Gasteiger partial charge on any atom is -0.450 e. The van der Waals surface area contributed by atoms with Crippen molar-refractivity contribution in [3.05, 3.63) is 34.9 Å². The van der Waals surface area contributed by atoms with E-state index in [1.165, 1.54) is 0 Å². The van der Waals surface area contributed by atoms with Crippen molar-refractivity contribution in [3.8, 4) is 0 Å². The number of hydrogen-bond acceptors (Lipinski definition) is 5. The Morgan fingerprint density at radius 2 is 1.76 bits per heavy atom. The molecule has 1 aromatic carbocycles. The van der Waals surface area contributed by atoms with Crippen LogP contribution >= 0.6 is 0 Å². The van der Waals surface area contributed by atoms with Crippen LogP contribution in [0.5, 0.6) is 0 Å². The Kier molecular flexibility index (Phi) is 4.73. The van der Waals surface area contributed by atoms with Crippen LogP contribution in [0.1, 0.15) is 42.3 Å². The highest BCUT2D eigenvalue weighted by atomic mass is 16.6. The van der Waals surface area contributed by atoms with Gasteiger partial charge >= 0.3 is 6.09 Å². The number of benzene rings is 1. The zero-order chi connectivity index (χ0) is 20.9. The minimum atomic E-state index is -0.567. The van der Waals surface area contributed by atoms with E-state index in [1.54, 1.807) is 9.80 Å². The number of Topliss-reactive ketones (excluding diaryl/α,β-unsaturated/α-hetero) is 1. The maximum atomic E-state index is 12.6. The predicted molar refractivity (Wildman–Crippen MR) is 110 cm³/mol. The van der Waals surface area contributed by atoms with Crippen molar-refractivity contribution < 1.29 is 19.1 Å². The van der Waals surface area contributed by atoms with Crippen LogP contribution in [0.25, 0.3) is 5.57 Å². The summed E-state index contributed by atoms with van der Waals surface area (Å²) < 4.78 is 5.09. The number of carbonyl (C=O) groups is 3. The van der Waals surface area contributed by atoms with Crippen LogP contribution in [-0.4, -0.2) is 72.5 Å². The van der Waals surface area contributed by atoms with Gasteiger partial charge in [0.2, 0.25) is 0 Å². The highest BCUT2D eigenvalue weighted by Gasteiger charge is 2.47. The molecule has 4 rings (SSSR count). The highest BCUT2D eigenvalue weighted by Crippen LogP contribution is 2.46. The van der Waals surface area contributed by atoms with Gasteiger partial charge in [-0.25, -0.2) is 4.79 Å². The van der Waals surface area contributed by atoms with Gasteiger partial charge < -0.3 is 9.64 Å². The van der Waals surface area contributed by atoms with Crippen LogP contribution in [0, 0.1) is 6.92 Å². The van der Waals surface area contributed by atoms with Crippen LogP contribution in [0.15, 0.2) is 18.2 Å². The molecule has 3 heterocycles. The molecule has 154 valence electrons. The maximum absolute atomic E-state index is 12.6. The fourth-order valence-electron chi connectivity index (χ4n) is 4.55. The number of anilines is 1. The normalized spacial score (nSPS) is 20.6. The molecule has 7 heteroatoms. The number of nitrogens with zero attached hydrogens (tertiary/aromatic N) is 3. The van der Waals surface area contributed by atoms with Gasteiger partial charge in [-0.15, -0.1) is 0 Å². The van der Waals surface area contributed by atoms with E-state index in [0.29, 0.717) is 31.8 Å². The summed E-state index contributed by atoms with van der Waals surface area (Å²) in [6.45, 7) is 11.6. The second-order valence-corrected chi connectivity index (χ2v) is 8.46. The summed E-state index contributed by atoms with van der Waals surface area (Å²) in [5, 5.41) is 0. The average molecular weight is 397 g/mol. The molecule has 29 heavy (non-hydrogen) atoms. The predicted octanol–water partition coefficient (Wildman–Crippen LogP) is 2.47. The first-order valence-corrected chi connectivity index (χ1v) is 10.1. The fourth-order valence-corrected chi connectivity index (χ4v) is 4.55. The van der Waals surface area contributed by atoms with Gasteiger partial charge in [0, 0.05) is 38.3 Å². The van der Waals surface area contributed by atoms with Crippen molar-refractivity contribution in [2.24, 2.45) is 0 Å². The average Bonchev–Trinajstić information content (AvgIpc) is 2.92. The molecule has 3 aliphatic heterocycles. The van der Waals surface area contributed by atoms with Crippen molar-refractivity contribution in [2.75, 3.05) is 44.2 Å². The Morgan fingerprint density at radius 1 is 1.10 bits per heavy atom. The first-order chi connectivity index (χ1) is 13.7. The third-order valence-electron chi connectivity index (χ3n) is 5.86. The quantitative estimate of drug-likeness (QED) is 0.733. The third-order valence-corrected chi connectivity index (χ3v) is 5.86. The molecule has 7 nitrogen and oxygen atoms in total. The van der Waals surface area contributed by atoms with Crippen molar-refractivity contribution in [3.63, 3.8) is 0 Å². The second kappa shape index (κ2) is 6.99. The van der Waals surface area contributed by atoms with Crippen molar-refractivity contribution >= 4 is 29.0 Å².